The summed E-state index contributed by atoms with van der Waals surface area (Å²) >= 11 is 5.92. The van der Waals surface area contributed by atoms with Crippen molar-refractivity contribution in [3.05, 3.63) is 70.4 Å². The maximum absolute atomic E-state index is 14.4. The van der Waals surface area contributed by atoms with Crippen LogP contribution in [-0.4, -0.2) is 49.0 Å². The van der Waals surface area contributed by atoms with Crippen LogP contribution in [0.4, 0.5) is 23.4 Å². The van der Waals surface area contributed by atoms with Crippen LogP contribution >= 0.6 is 11.6 Å². The smallest absolute Gasteiger partial charge is 0.390 e. The number of hydrogen-bond acceptors (Lipinski definition) is 6. The van der Waals surface area contributed by atoms with Crippen molar-refractivity contribution in [2.24, 2.45) is 5.92 Å². The number of anilines is 1. The third-order valence-corrected chi connectivity index (χ3v) is 5.96. The molecule has 0 saturated heterocycles. The molecule has 4 rings (SSSR count). The van der Waals surface area contributed by atoms with Crippen LogP contribution in [0.15, 0.2) is 42.9 Å². The van der Waals surface area contributed by atoms with E-state index in [2.05, 4.69) is 20.4 Å². The Balaban J connectivity index is 1.65. The average Bonchev–Trinajstić information content (AvgIpc) is 3.31. The van der Waals surface area contributed by atoms with Crippen LogP contribution in [0.5, 0.6) is 0 Å². The zero-order chi connectivity index (χ0) is 24.6. The highest BCUT2D eigenvalue weighted by atomic mass is 35.5. The summed E-state index contributed by atoms with van der Waals surface area (Å²) in [4.78, 5) is 20.9. The number of rotatable bonds is 6. The number of carbonyl (C=O) groups is 1. The molecule has 34 heavy (non-hydrogen) atoms. The van der Waals surface area contributed by atoms with Crippen LogP contribution in [-0.2, 0) is 12.7 Å². The van der Waals surface area contributed by atoms with Crippen LogP contribution in [0, 0.1) is 5.92 Å². The van der Waals surface area contributed by atoms with E-state index in [-0.39, 0.29) is 30.3 Å². The van der Waals surface area contributed by atoms with E-state index >= 15 is 0 Å². The lowest BCUT2D eigenvalue weighted by Gasteiger charge is -2.18. The van der Waals surface area contributed by atoms with Crippen molar-refractivity contribution >= 4 is 23.2 Å². The van der Waals surface area contributed by atoms with E-state index < -0.39 is 41.7 Å². The van der Waals surface area contributed by atoms with E-state index in [1.165, 1.54) is 6.07 Å². The van der Waals surface area contributed by atoms with Gasteiger partial charge in [0, 0.05) is 17.3 Å². The number of aliphatic hydroxyl groups is 1. The molecule has 1 fully saturated rings. The number of carbonyl (C=O) groups excluding carboxylic acids is 1. The van der Waals surface area contributed by atoms with E-state index in [9.17, 15) is 27.5 Å². The monoisotopic (exact) mass is 497 g/mol. The molecule has 0 amide bonds. The Morgan fingerprint density at radius 1 is 1.32 bits per heavy atom. The number of aliphatic hydroxyl groups excluding tert-OH is 1. The maximum Gasteiger partial charge on any atom is 0.433 e. The van der Waals surface area contributed by atoms with Gasteiger partial charge >= 0.3 is 6.18 Å². The highest BCUT2D eigenvalue weighted by Gasteiger charge is 2.41. The molecule has 0 bridgehead atoms. The number of benzene rings is 1. The Bertz CT molecular complexity index is 1200. The van der Waals surface area contributed by atoms with Gasteiger partial charge in [0.25, 0.3) is 0 Å². The van der Waals surface area contributed by atoms with E-state index in [4.69, 9.17) is 11.6 Å². The summed E-state index contributed by atoms with van der Waals surface area (Å²) in [5, 5.41) is 16.9. The van der Waals surface area contributed by atoms with Crippen LogP contribution in [0.25, 0.3) is 0 Å². The molecule has 0 aliphatic heterocycles. The van der Waals surface area contributed by atoms with Gasteiger partial charge in [-0.2, -0.15) is 18.3 Å². The van der Waals surface area contributed by atoms with Gasteiger partial charge in [-0.1, -0.05) is 30.7 Å². The molecule has 1 aliphatic rings. The number of ketones is 1. The van der Waals surface area contributed by atoms with Gasteiger partial charge in [0.1, 0.15) is 29.7 Å². The maximum atomic E-state index is 14.4. The van der Waals surface area contributed by atoms with E-state index in [1.807, 2.05) is 0 Å². The second-order valence-electron chi connectivity index (χ2n) is 8.21. The summed E-state index contributed by atoms with van der Waals surface area (Å²) in [5.74, 6) is -1.22. The molecule has 2 N–H and O–H groups in total. The van der Waals surface area contributed by atoms with Gasteiger partial charge in [-0.3, -0.25) is 9.48 Å². The van der Waals surface area contributed by atoms with Crippen molar-refractivity contribution < 1.29 is 27.5 Å². The Labute approximate surface area is 196 Å². The molecule has 0 spiro atoms. The van der Waals surface area contributed by atoms with E-state index in [1.54, 1.807) is 25.1 Å². The number of nitrogens with one attached hydrogen (secondary N) is 1. The van der Waals surface area contributed by atoms with Gasteiger partial charge in [0.05, 0.1) is 24.3 Å². The second-order valence-corrected chi connectivity index (χ2v) is 8.65. The number of halogens is 5. The average molecular weight is 498 g/mol. The Morgan fingerprint density at radius 2 is 2.09 bits per heavy atom. The normalized spacial score (nSPS) is 22.7. The Kier molecular flexibility index (Phi) is 6.59. The van der Waals surface area contributed by atoms with Crippen LogP contribution in [0.3, 0.4) is 0 Å². The molecule has 12 heteroatoms. The summed E-state index contributed by atoms with van der Waals surface area (Å²) in [7, 11) is 0. The molecule has 0 unspecified atom stereocenters. The lowest BCUT2D eigenvalue weighted by molar-refractivity contribution is -0.144. The highest BCUT2D eigenvalue weighted by Crippen LogP contribution is 2.33. The zero-order valence-electron chi connectivity index (χ0n) is 17.8. The van der Waals surface area contributed by atoms with Crippen molar-refractivity contribution in [1.82, 2.24) is 19.7 Å². The van der Waals surface area contributed by atoms with Crippen molar-refractivity contribution in [3.63, 3.8) is 0 Å². The molecule has 1 aliphatic carbocycles. The van der Waals surface area contributed by atoms with Crippen molar-refractivity contribution in [2.45, 2.75) is 44.4 Å². The van der Waals surface area contributed by atoms with Gasteiger partial charge in [-0.15, -0.1) is 0 Å². The van der Waals surface area contributed by atoms with Gasteiger partial charge in [0.15, 0.2) is 0 Å². The first kappa shape index (κ1) is 24.1. The first-order chi connectivity index (χ1) is 16.0. The fraction of sp³-hybridized carbons (Fsp3) is 0.364. The molecule has 0 radical (unpaired) electrons. The van der Waals surface area contributed by atoms with Crippen LogP contribution in [0.1, 0.15) is 40.7 Å². The highest BCUT2D eigenvalue weighted by molar-refractivity contribution is 6.30. The molecular weight excluding hydrogens is 478 g/mol. The summed E-state index contributed by atoms with van der Waals surface area (Å²) in [6.07, 6.45) is -5.00. The van der Waals surface area contributed by atoms with Gasteiger partial charge in [0.2, 0.25) is 5.78 Å². The molecule has 180 valence electrons. The number of hydrogen-bond donors (Lipinski definition) is 2. The topological polar surface area (TPSA) is 92.9 Å². The summed E-state index contributed by atoms with van der Waals surface area (Å²) < 4.78 is 56.1. The fourth-order valence-corrected chi connectivity index (χ4v) is 4.18. The Hall–Kier alpha value is -3.05. The quantitative estimate of drug-likeness (QED) is 0.393. The predicted octanol–water partition coefficient (Wildman–Crippen LogP) is 4.14. The summed E-state index contributed by atoms with van der Waals surface area (Å²) in [5.41, 5.74) is -1.28. The molecule has 1 aromatic carbocycles. The molecule has 1 saturated carbocycles. The summed E-state index contributed by atoms with van der Waals surface area (Å²) in [6.45, 7) is 1.43. The largest absolute Gasteiger partial charge is 0.433 e. The summed E-state index contributed by atoms with van der Waals surface area (Å²) in [6, 6.07) is 6.11. The molecule has 2 heterocycles. The lowest BCUT2D eigenvalue weighted by Crippen LogP contribution is -2.32. The third-order valence-electron chi connectivity index (χ3n) is 5.72. The minimum atomic E-state index is -4.77. The van der Waals surface area contributed by atoms with Crippen molar-refractivity contribution in [3.8, 4) is 0 Å². The Morgan fingerprint density at radius 3 is 2.74 bits per heavy atom. The molecule has 2 aromatic heterocycles. The van der Waals surface area contributed by atoms with Crippen LogP contribution < -0.4 is 5.32 Å². The first-order valence-corrected chi connectivity index (χ1v) is 10.7. The van der Waals surface area contributed by atoms with Gasteiger partial charge in [-0.05, 0) is 30.0 Å². The zero-order valence-corrected chi connectivity index (χ0v) is 18.6. The number of nitrogens with zero attached hydrogens (tertiary/aromatic N) is 4. The molecule has 7 nitrogen and oxygen atoms in total. The minimum absolute atomic E-state index is 0.0492. The fourth-order valence-electron chi connectivity index (χ4n) is 3.97. The number of alkyl halides is 4. The second kappa shape index (κ2) is 9.30. The van der Waals surface area contributed by atoms with E-state index in [0.717, 1.165) is 12.5 Å². The third kappa shape index (κ3) is 4.90. The van der Waals surface area contributed by atoms with E-state index in [0.29, 0.717) is 21.3 Å². The standard InChI is InChI=1S/C22H20ClF4N5O2/c1-11-5-15(18(24)19(11)33)30-21-14(8-28-10-29-21)20(34)16-7-17(22(25,26)27)32(31-16)9-12-3-2-4-13(23)6-12/h2-4,6-8,10-11,15,18-19,33H,5,9H2,1H3,(H,28,29,30)/t11-,15-,18-,19-/m1/s1. The molecule has 4 atom stereocenters. The molecular formula is C22H20ClF4N5O2. The van der Waals surface area contributed by atoms with Crippen LogP contribution in [0.2, 0.25) is 5.02 Å². The SMILES string of the molecule is C[C@@H]1C[C@@H](Nc2ncncc2C(=O)c2cc(C(F)(F)F)n(Cc3cccc(Cl)c3)n2)[C@@H](F)[C@@H]1O. The number of aromatic nitrogens is 4. The van der Waals surface area contributed by atoms with Crippen molar-refractivity contribution in [2.75, 3.05) is 5.32 Å². The molecule has 3 aromatic rings. The van der Waals surface area contributed by atoms with Gasteiger partial charge < -0.3 is 10.4 Å². The predicted molar refractivity (Wildman–Crippen MR) is 115 cm³/mol. The van der Waals surface area contributed by atoms with Gasteiger partial charge in [-0.25, -0.2) is 14.4 Å². The first-order valence-electron chi connectivity index (χ1n) is 10.4. The lowest BCUT2D eigenvalue weighted by atomic mass is 10.1. The van der Waals surface area contributed by atoms with Crippen molar-refractivity contribution in [1.29, 1.82) is 0 Å². The minimum Gasteiger partial charge on any atom is -0.390 e.